The summed E-state index contributed by atoms with van der Waals surface area (Å²) in [4.78, 5) is 91.2. The van der Waals surface area contributed by atoms with Crippen LogP contribution < -0.4 is 15.8 Å². The van der Waals surface area contributed by atoms with Gasteiger partial charge in [-0.15, -0.1) is 11.3 Å². The molecule has 3 fully saturated rings. The summed E-state index contributed by atoms with van der Waals surface area (Å²) in [6.07, 6.45) is 7.49. The van der Waals surface area contributed by atoms with Gasteiger partial charge in [-0.05, 0) is 87.3 Å². The Balaban J connectivity index is 0.637. The number of aromatic nitrogens is 2. The maximum absolute atomic E-state index is 13.3. The van der Waals surface area contributed by atoms with Crippen molar-refractivity contribution in [3.63, 3.8) is 0 Å². The smallest absolute Gasteiger partial charge is 0.262 e. The van der Waals surface area contributed by atoms with E-state index >= 15 is 0 Å². The van der Waals surface area contributed by atoms with Crippen molar-refractivity contribution in [2.75, 3.05) is 79.0 Å². The van der Waals surface area contributed by atoms with Crippen LogP contribution >= 0.6 is 11.3 Å². The standard InChI is InChI=1S/C46H59N7O12S/c47-41(57)34(54)25-29-6-12-35-39(29)40-43(48-27-49-44(40)66-35)65-31-9-7-30(8-10-31)51-14-16-52(17-15-51)37(56)26-64-24-23-63-22-21-62-20-19-61-18-2-4-28-3-1-5-32-38(28)46(60)53(45(32)59)33-11-13-36(55)50-42(33)58/h1,3,5,27,29-31,33-34,54H,2,4,6-26H2,(H2,47,57)(H,50,55,58)/t29-,30?,31?,33?,34+/m1/s1. The van der Waals surface area contributed by atoms with Crippen LogP contribution in [0.3, 0.4) is 0 Å². The molecule has 2 aromatic heterocycles. The topological polar surface area (TPSA) is 242 Å². The maximum Gasteiger partial charge on any atom is 0.262 e. The van der Waals surface area contributed by atoms with Crippen molar-refractivity contribution in [1.82, 2.24) is 30.0 Å². The molecule has 356 valence electrons. The Morgan fingerprint density at radius 1 is 0.848 bits per heavy atom. The van der Waals surface area contributed by atoms with Crippen molar-refractivity contribution in [1.29, 1.82) is 0 Å². The highest BCUT2D eigenvalue weighted by Gasteiger charge is 2.45. The van der Waals surface area contributed by atoms with Gasteiger partial charge in [0.1, 0.15) is 36.0 Å². The van der Waals surface area contributed by atoms with Gasteiger partial charge in [0, 0.05) is 50.1 Å². The van der Waals surface area contributed by atoms with Gasteiger partial charge in [-0.25, -0.2) is 9.97 Å². The van der Waals surface area contributed by atoms with Gasteiger partial charge in [0.15, 0.2) is 0 Å². The summed E-state index contributed by atoms with van der Waals surface area (Å²) in [6.45, 7) is 5.56. The van der Waals surface area contributed by atoms with Gasteiger partial charge in [0.25, 0.3) is 11.8 Å². The Kier molecular flexibility index (Phi) is 16.0. The summed E-state index contributed by atoms with van der Waals surface area (Å²) < 4.78 is 29.0. The fourth-order valence-corrected chi connectivity index (χ4v) is 11.1. The number of aliphatic hydroxyl groups is 1. The van der Waals surface area contributed by atoms with Crippen LogP contribution in [0.4, 0.5) is 0 Å². The van der Waals surface area contributed by atoms with E-state index in [0.29, 0.717) is 95.2 Å². The molecule has 2 saturated heterocycles. The highest BCUT2D eigenvalue weighted by atomic mass is 32.1. The minimum atomic E-state index is -1.19. The molecule has 66 heavy (non-hydrogen) atoms. The molecule has 1 saturated carbocycles. The SMILES string of the molecule is NC(=O)[C@@H](O)C[C@H]1CCc2sc3ncnc(OC4CCC(N5CCN(C(=O)COCCOCCOCCOCCCc6cccc7c6C(=O)N(C6CCC(=O)NC6=O)C7=O)CC5)CC4)c3c21. The molecule has 4 N–H and O–H groups in total. The van der Waals surface area contributed by atoms with E-state index in [9.17, 15) is 33.9 Å². The second-order valence-corrected chi connectivity index (χ2v) is 18.5. The molecule has 0 radical (unpaired) electrons. The lowest BCUT2D eigenvalue weighted by Crippen LogP contribution is -2.54. The number of nitrogens with one attached hydrogen (secondary N) is 1. The number of fused-ring (bicyclic) bond motifs is 4. The molecule has 19 nitrogen and oxygen atoms in total. The highest BCUT2D eigenvalue weighted by molar-refractivity contribution is 7.19. The van der Waals surface area contributed by atoms with Gasteiger partial charge >= 0.3 is 0 Å². The maximum atomic E-state index is 13.3. The molecule has 3 aromatic rings. The number of hydrogen-bond donors (Lipinski definition) is 3. The third-order valence-electron chi connectivity index (χ3n) is 13.3. The van der Waals surface area contributed by atoms with E-state index in [1.54, 1.807) is 35.9 Å². The van der Waals surface area contributed by atoms with Gasteiger partial charge in [-0.3, -0.25) is 43.9 Å². The Hall–Kier alpha value is -4.96. The monoisotopic (exact) mass is 933 g/mol. The number of nitrogens with zero attached hydrogens (tertiary/aromatic N) is 5. The van der Waals surface area contributed by atoms with Gasteiger partial charge in [-0.1, -0.05) is 12.1 Å². The molecule has 5 aliphatic rings. The van der Waals surface area contributed by atoms with Crippen LogP contribution in [-0.4, -0.2) is 169 Å². The molecule has 1 aromatic carbocycles. The number of thiophene rings is 1. The average molecular weight is 934 g/mol. The number of rotatable bonds is 22. The number of imide groups is 2. The van der Waals surface area contributed by atoms with Crippen LogP contribution in [0, 0.1) is 0 Å². The second kappa shape index (κ2) is 22.2. The quantitative estimate of drug-likeness (QED) is 0.0963. The van der Waals surface area contributed by atoms with Crippen LogP contribution in [0.25, 0.3) is 10.2 Å². The normalized spacial score (nSPS) is 22.7. The zero-order chi connectivity index (χ0) is 46.2. The summed E-state index contributed by atoms with van der Waals surface area (Å²) in [6, 6.07) is 4.55. The van der Waals surface area contributed by atoms with E-state index in [2.05, 4.69) is 20.2 Å². The lowest BCUT2D eigenvalue weighted by molar-refractivity contribution is -0.139. The number of carbonyl (C=O) groups is 6. The van der Waals surface area contributed by atoms with Crippen LogP contribution in [0.2, 0.25) is 0 Å². The molecule has 6 amide bonds. The van der Waals surface area contributed by atoms with Crippen molar-refractivity contribution in [3.05, 3.63) is 51.7 Å². The Labute approximate surface area is 386 Å². The third kappa shape index (κ3) is 11.1. The first-order valence-corrected chi connectivity index (χ1v) is 24.0. The van der Waals surface area contributed by atoms with Gasteiger partial charge < -0.3 is 39.4 Å². The van der Waals surface area contributed by atoms with Crippen molar-refractivity contribution in [2.45, 2.75) is 101 Å². The van der Waals surface area contributed by atoms with Gasteiger partial charge in [0.05, 0.1) is 56.2 Å². The van der Waals surface area contributed by atoms with Crippen LogP contribution in [0.15, 0.2) is 24.5 Å². The number of nitrogens with two attached hydrogens (primary N) is 1. The minimum Gasteiger partial charge on any atom is -0.474 e. The van der Waals surface area contributed by atoms with Crippen LogP contribution in [-0.2, 0) is 51.0 Å². The predicted octanol–water partition coefficient (Wildman–Crippen LogP) is 1.89. The summed E-state index contributed by atoms with van der Waals surface area (Å²) in [5, 5.41) is 13.3. The molecule has 0 spiro atoms. The molecule has 3 atom stereocenters. The van der Waals surface area contributed by atoms with Crippen molar-refractivity contribution in [2.24, 2.45) is 5.73 Å². The van der Waals surface area contributed by atoms with Gasteiger partial charge in [-0.2, -0.15) is 0 Å². The summed E-state index contributed by atoms with van der Waals surface area (Å²) >= 11 is 1.63. The molecular weight excluding hydrogens is 875 g/mol. The van der Waals surface area contributed by atoms with E-state index in [4.69, 9.17) is 29.4 Å². The minimum absolute atomic E-state index is 0.0101. The number of aliphatic hydroxyl groups excluding tert-OH is 1. The van der Waals surface area contributed by atoms with E-state index in [0.717, 1.165) is 72.3 Å². The first-order valence-electron chi connectivity index (χ1n) is 23.1. The average Bonchev–Trinajstić information content (AvgIpc) is 3.97. The van der Waals surface area contributed by atoms with E-state index in [1.165, 1.54) is 4.88 Å². The number of benzene rings is 1. The van der Waals surface area contributed by atoms with Crippen molar-refractivity contribution in [3.8, 4) is 5.88 Å². The zero-order valence-electron chi connectivity index (χ0n) is 37.1. The summed E-state index contributed by atoms with van der Waals surface area (Å²) in [7, 11) is 0. The second-order valence-electron chi connectivity index (χ2n) is 17.4. The zero-order valence-corrected chi connectivity index (χ0v) is 37.9. The molecule has 2 aliphatic carbocycles. The number of carbonyl (C=O) groups excluding carboxylic acids is 6. The summed E-state index contributed by atoms with van der Waals surface area (Å²) in [5.74, 6) is -2.21. The molecule has 1 unspecified atom stereocenters. The van der Waals surface area contributed by atoms with Gasteiger partial charge in [0.2, 0.25) is 29.5 Å². The summed E-state index contributed by atoms with van der Waals surface area (Å²) in [5.41, 5.74) is 7.75. The number of ether oxygens (including phenoxy) is 5. The predicted molar refractivity (Wildman–Crippen MR) is 238 cm³/mol. The van der Waals surface area contributed by atoms with Crippen molar-refractivity contribution < 1.29 is 57.6 Å². The lowest BCUT2D eigenvalue weighted by Gasteiger charge is -2.41. The largest absolute Gasteiger partial charge is 0.474 e. The fourth-order valence-electron chi connectivity index (χ4n) is 9.84. The number of hydrogen-bond acceptors (Lipinski definition) is 16. The van der Waals surface area contributed by atoms with E-state index in [1.807, 2.05) is 4.90 Å². The first kappa shape index (κ1) is 47.5. The number of aryl methyl sites for hydroxylation is 2. The first-order chi connectivity index (χ1) is 32.1. The highest BCUT2D eigenvalue weighted by Crippen LogP contribution is 2.48. The molecule has 3 aliphatic heterocycles. The van der Waals surface area contributed by atoms with Crippen molar-refractivity contribution >= 4 is 57.0 Å². The van der Waals surface area contributed by atoms with Crippen LogP contribution in [0.5, 0.6) is 5.88 Å². The Morgan fingerprint density at radius 2 is 1.56 bits per heavy atom. The Bertz CT molecular complexity index is 2260. The fraction of sp³-hybridized carbons (Fsp3) is 0.609. The lowest BCUT2D eigenvalue weighted by atomic mass is 9.91. The third-order valence-corrected chi connectivity index (χ3v) is 14.4. The number of piperazine rings is 1. The van der Waals surface area contributed by atoms with E-state index < -0.39 is 41.7 Å². The Morgan fingerprint density at radius 3 is 2.27 bits per heavy atom. The number of piperidine rings is 1. The molecular formula is C46H59N7O12S. The van der Waals surface area contributed by atoms with E-state index in [-0.39, 0.29) is 49.4 Å². The number of amides is 6. The number of primary amides is 1. The van der Waals surface area contributed by atoms with Crippen LogP contribution in [0.1, 0.15) is 100 Å². The molecule has 20 heteroatoms. The molecule has 5 heterocycles. The molecule has 8 rings (SSSR count). The molecule has 0 bridgehead atoms.